The van der Waals surface area contributed by atoms with Gasteiger partial charge in [0.15, 0.2) is 11.5 Å². The molecule has 0 atom stereocenters. The third-order valence-corrected chi connectivity index (χ3v) is 2.81. The van der Waals surface area contributed by atoms with Crippen molar-refractivity contribution in [3.05, 3.63) is 29.7 Å². The third kappa shape index (κ3) is 3.09. The number of benzene rings is 1. The number of nitrogens with zero attached hydrogens (tertiary/aromatic N) is 1. The average molecular weight is 246 g/mol. The van der Waals surface area contributed by atoms with Crippen LogP contribution in [0.2, 0.25) is 0 Å². The molecule has 1 heterocycles. The summed E-state index contributed by atoms with van der Waals surface area (Å²) in [4.78, 5) is 15.8. The molecule has 0 aliphatic heterocycles. The molecule has 4 nitrogen and oxygen atoms in total. The molecule has 96 valence electrons. The van der Waals surface area contributed by atoms with Gasteiger partial charge >= 0.3 is 0 Å². The zero-order valence-electron chi connectivity index (χ0n) is 10.8. The van der Waals surface area contributed by atoms with Gasteiger partial charge in [-0.25, -0.2) is 4.98 Å². The Hall–Kier alpha value is -1.84. The quantitative estimate of drug-likeness (QED) is 0.882. The van der Waals surface area contributed by atoms with Gasteiger partial charge in [0.1, 0.15) is 5.52 Å². The average Bonchev–Trinajstić information content (AvgIpc) is 2.73. The molecule has 0 fully saturated rings. The van der Waals surface area contributed by atoms with Crippen molar-refractivity contribution in [1.82, 2.24) is 10.3 Å². The maximum absolute atomic E-state index is 11.5. The Labute approximate surface area is 106 Å². The Morgan fingerprint density at radius 3 is 3.06 bits per heavy atom. The first-order valence-corrected chi connectivity index (χ1v) is 6.32. The van der Waals surface area contributed by atoms with Gasteiger partial charge in [-0.2, -0.15) is 0 Å². The minimum Gasteiger partial charge on any atom is -0.441 e. The molecule has 0 bridgehead atoms. The first-order chi connectivity index (χ1) is 8.69. The molecule has 0 spiro atoms. The SMILES string of the molecule is CCCCC(=O)NCc1ccc2oc(C)nc2c1. The molecule has 4 heteroatoms. The van der Waals surface area contributed by atoms with Crippen LogP contribution in [0.25, 0.3) is 11.1 Å². The molecule has 2 aromatic rings. The van der Waals surface area contributed by atoms with Crippen molar-refractivity contribution in [2.24, 2.45) is 0 Å². The smallest absolute Gasteiger partial charge is 0.220 e. The summed E-state index contributed by atoms with van der Waals surface area (Å²) < 4.78 is 5.40. The third-order valence-electron chi connectivity index (χ3n) is 2.81. The molecule has 0 aliphatic carbocycles. The van der Waals surface area contributed by atoms with Gasteiger partial charge in [0, 0.05) is 19.9 Å². The van der Waals surface area contributed by atoms with Crippen molar-refractivity contribution in [1.29, 1.82) is 0 Å². The summed E-state index contributed by atoms with van der Waals surface area (Å²) in [5, 5.41) is 2.91. The second-order valence-corrected chi connectivity index (χ2v) is 4.42. The molecule has 1 N–H and O–H groups in total. The first-order valence-electron chi connectivity index (χ1n) is 6.32. The van der Waals surface area contributed by atoms with E-state index in [4.69, 9.17) is 4.42 Å². The molecule has 0 unspecified atom stereocenters. The van der Waals surface area contributed by atoms with E-state index in [0.29, 0.717) is 18.9 Å². The molecule has 0 radical (unpaired) electrons. The fraction of sp³-hybridized carbons (Fsp3) is 0.429. The van der Waals surface area contributed by atoms with E-state index in [9.17, 15) is 4.79 Å². The number of fused-ring (bicyclic) bond motifs is 1. The van der Waals surface area contributed by atoms with Crippen LogP contribution in [0, 0.1) is 6.92 Å². The Morgan fingerprint density at radius 1 is 1.44 bits per heavy atom. The van der Waals surface area contributed by atoms with E-state index >= 15 is 0 Å². The predicted molar refractivity (Wildman–Crippen MR) is 70.1 cm³/mol. The number of amides is 1. The highest BCUT2D eigenvalue weighted by molar-refractivity contribution is 5.76. The number of unbranched alkanes of at least 4 members (excludes halogenated alkanes) is 1. The summed E-state index contributed by atoms with van der Waals surface area (Å²) in [6, 6.07) is 5.79. The minimum absolute atomic E-state index is 0.105. The zero-order chi connectivity index (χ0) is 13.0. The fourth-order valence-electron chi connectivity index (χ4n) is 1.82. The standard InChI is InChI=1S/C14H18N2O2/c1-3-4-5-14(17)15-9-11-6-7-13-12(8-11)16-10(2)18-13/h6-8H,3-5,9H2,1-2H3,(H,15,17). The maximum Gasteiger partial charge on any atom is 0.220 e. The van der Waals surface area contributed by atoms with Crippen molar-refractivity contribution >= 4 is 17.0 Å². The molecule has 1 aromatic carbocycles. The van der Waals surface area contributed by atoms with Crippen LogP contribution in [0.1, 0.15) is 37.6 Å². The van der Waals surface area contributed by atoms with E-state index in [2.05, 4.69) is 17.2 Å². The summed E-state index contributed by atoms with van der Waals surface area (Å²) in [5.74, 6) is 0.766. The van der Waals surface area contributed by atoms with Crippen LogP contribution in [0.15, 0.2) is 22.6 Å². The van der Waals surface area contributed by atoms with Crippen molar-refractivity contribution in [3.63, 3.8) is 0 Å². The van der Waals surface area contributed by atoms with E-state index in [-0.39, 0.29) is 5.91 Å². The summed E-state index contributed by atoms with van der Waals surface area (Å²) in [5.41, 5.74) is 2.67. The van der Waals surface area contributed by atoms with E-state index in [0.717, 1.165) is 29.5 Å². The Morgan fingerprint density at radius 2 is 2.28 bits per heavy atom. The maximum atomic E-state index is 11.5. The molecular formula is C14H18N2O2. The summed E-state index contributed by atoms with van der Waals surface area (Å²) >= 11 is 0. The number of hydrogen-bond donors (Lipinski definition) is 1. The second kappa shape index (κ2) is 5.67. The van der Waals surface area contributed by atoms with Gasteiger partial charge in [0.05, 0.1) is 0 Å². The van der Waals surface area contributed by atoms with Crippen LogP contribution in [0.3, 0.4) is 0 Å². The van der Waals surface area contributed by atoms with E-state index < -0.39 is 0 Å². The van der Waals surface area contributed by atoms with Crippen LogP contribution in [-0.2, 0) is 11.3 Å². The monoisotopic (exact) mass is 246 g/mol. The van der Waals surface area contributed by atoms with Gasteiger partial charge in [-0.05, 0) is 24.1 Å². The van der Waals surface area contributed by atoms with Crippen molar-refractivity contribution < 1.29 is 9.21 Å². The Balaban J connectivity index is 1.97. The Bertz CT molecular complexity index is 546. The van der Waals surface area contributed by atoms with Crippen molar-refractivity contribution in [2.45, 2.75) is 39.7 Å². The van der Waals surface area contributed by atoms with Crippen LogP contribution in [0.5, 0.6) is 0 Å². The zero-order valence-corrected chi connectivity index (χ0v) is 10.8. The predicted octanol–water partition coefficient (Wildman–Crippen LogP) is 2.94. The van der Waals surface area contributed by atoms with Gasteiger partial charge in [0.25, 0.3) is 0 Å². The van der Waals surface area contributed by atoms with Gasteiger partial charge in [-0.3, -0.25) is 4.79 Å². The largest absolute Gasteiger partial charge is 0.441 e. The molecule has 2 rings (SSSR count). The highest BCUT2D eigenvalue weighted by atomic mass is 16.3. The first kappa shape index (κ1) is 12.6. The lowest BCUT2D eigenvalue weighted by atomic mass is 10.2. The lowest BCUT2D eigenvalue weighted by molar-refractivity contribution is -0.121. The number of nitrogens with one attached hydrogen (secondary N) is 1. The highest BCUT2D eigenvalue weighted by Gasteiger charge is 2.04. The van der Waals surface area contributed by atoms with Crippen molar-refractivity contribution in [2.75, 3.05) is 0 Å². The summed E-state index contributed by atoms with van der Waals surface area (Å²) in [7, 11) is 0. The number of aromatic nitrogens is 1. The topological polar surface area (TPSA) is 55.1 Å². The molecule has 1 aromatic heterocycles. The lowest BCUT2D eigenvalue weighted by Gasteiger charge is -2.04. The summed E-state index contributed by atoms with van der Waals surface area (Å²) in [6.07, 6.45) is 2.58. The summed E-state index contributed by atoms with van der Waals surface area (Å²) in [6.45, 7) is 4.45. The van der Waals surface area contributed by atoms with Crippen LogP contribution >= 0.6 is 0 Å². The van der Waals surface area contributed by atoms with E-state index in [1.807, 2.05) is 25.1 Å². The normalized spacial score (nSPS) is 10.8. The fourth-order valence-corrected chi connectivity index (χ4v) is 1.82. The molecule has 18 heavy (non-hydrogen) atoms. The lowest BCUT2D eigenvalue weighted by Crippen LogP contribution is -2.22. The number of hydrogen-bond acceptors (Lipinski definition) is 3. The van der Waals surface area contributed by atoms with Gasteiger partial charge in [-0.1, -0.05) is 19.4 Å². The minimum atomic E-state index is 0.105. The molecular weight excluding hydrogens is 228 g/mol. The number of oxazole rings is 1. The van der Waals surface area contributed by atoms with Gasteiger partial charge in [0.2, 0.25) is 5.91 Å². The molecule has 1 amide bonds. The number of rotatable bonds is 5. The van der Waals surface area contributed by atoms with Gasteiger partial charge in [-0.15, -0.1) is 0 Å². The van der Waals surface area contributed by atoms with Crippen molar-refractivity contribution in [3.8, 4) is 0 Å². The molecule has 0 saturated heterocycles. The Kier molecular flexibility index (Phi) is 3.97. The second-order valence-electron chi connectivity index (χ2n) is 4.42. The van der Waals surface area contributed by atoms with Crippen LogP contribution in [0.4, 0.5) is 0 Å². The number of carbonyl (C=O) groups is 1. The molecule has 0 aliphatic rings. The van der Waals surface area contributed by atoms with Gasteiger partial charge < -0.3 is 9.73 Å². The van der Waals surface area contributed by atoms with Crippen LogP contribution in [-0.4, -0.2) is 10.9 Å². The van der Waals surface area contributed by atoms with Crippen LogP contribution < -0.4 is 5.32 Å². The van der Waals surface area contributed by atoms with E-state index in [1.165, 1.54) is 0 Å². The number of carbonyl (C=O) groups excluding carboxylic acids is 1. The molecule has 0 saturated carbocycles. The van der Waals surface area contributed by atoms with E-state index in [1.54, 1.807) is 0 Å². The highest BCUT2D eigenvalue weighted by Crippen LogP contribution is 2.16. The number of aryl methyl sites for hydroxylation is 1.